The molecule has 0 heterocycles. The first-order valence-corrected chi connectivity index (χ1v) is 8.25. The molecule has 0 saturated carbocycles. The molecular formula is C20H25NO2. The summed E-state index contributed by atoms with van der Waals surface area (Å²) < 4.78 is 5.59. The number of para-hydroxylation sites is 1. The van der Waals surface area contributed by atoms with Gasteiger partial charge in [0.05, 0.1) is 12.6 Å². The lowest BCUT2D eigenvalue weighted by molar-refractivity contribution is -0.121. The van der Waals surface area contributed by atoms with Gasteiger partial charge in [0.2, 0.25) is 5.91 Å². The summed E-state index contributed by atoms with van der Waals surface area (Å²) in [6.45, 7) is 4.70. The van der Waals surface area contributed by atoms with Crippen molar-refractivity contribution in [3.8, 4) is 5.75 Å². The molecule has 23 heavy (non-hydrogen) atoms. The summed E-state index contributed by atoms with van der Waals surface area (Å²) in [4.78, 5) is 12.0. The smallest absolute Gasteiger partial charge is 0.220 e. The number of hydrogen-bond donors (Lipinski definition) is 1. The molecule has 2 aromatic carbocycles. The molecule has 0 aliphatic carbocycles. The molecule has 0 aliphatic rings. The fraction of sp³-hybridized carbons (Fsp3) is 0.350. The topological polar surface area (TPSA) is 38.3 Å². The number of benzene rings is 2. The minimum atomic E-state index is 0.0310. The normalized spacial score (nSPS) is 11.7. The predicted octanol–water partition coefficient (Wildman–Crippen LogP) is 4.29. The van der Waals surface area contributed by atoms with Gasteiger partial charge in [0.1, 0.15) is 5.75 Å². The van der Waals surface area contributed by atoms with Gasteiger partial charge in [-0.15, -0.1) is 0 Å². The standard InChI is InChI=1S/C20H25NO2/c1-3-17-11-13-18(14-12-17)16(2)21-20(22)10-7-15-23-19-8-5-4-6-9-19/h4-6,8-9,11-14,16H,3,7,10,15H2,1-2H3,(H,21,22)/t16-/m0/s1. The highest BCUT2D eigenvalue weighted by molar-refractivity contribution is 5.76. The van der Waals surface area contributed by atoms with Gasteiger partial charge in [-0.05, 0) is 43.0 Å². The van der Waals surface area contributed by atoms with Crippen molar-refractivity contribution in [2.45, 2.75) is 39.2 Å². The van der Waals surface area contributed by atoms with Crippen LogP contribution in [0.25, 0.3) is 0 Å². The van der Waals surface area contributed by atoms with E-state index in [1.807, 2.05) is 37.3 Å². The zero-order chi connectivity index (χ0) is 16.5. The van der Waals surface area contributed by atoms with Crippen LogP contribution in [0.4, 0.5) is 0 Å². The average molecular weight is 311 g/mol. The highest BCUT2D eigenvalue weighted by Gasteiger charge is 2.09. The molecule has 0 aromatic heterocycles. The third-order valence-corrected chi connectivity index (χ3v) is 3.83. The van der Waals surface area contributed by atoms with E-state index in [9.17, 15) is 4.79 Å². The molecule has 0 saturated heterocycles. The number of rotatable bonds is 8. The minimum Gasteiger partial charge on any atom is -0.494 e. The first-order valence-electron chi connectivity index (χ1n) is 8.25. The second kappa shape index (κ2) is 8.99. The molecule has 3 nitrogen and oxygen atoms in total. The quantitative estimate of drug-likeness (QED) is 0.739. The zero-order valence-electron chi connectivity index (χ0n) is 13.9. The van der Waals surface area contributed by atoms with E-state index in [-0.39, 0.29) is 11.9 Å². The molecule has 2 aromatic rings. The average Bonchev–Trinajstić information content (AvgIpc) is 2.59. The van der Waals surface area contributed by atoms with E-state index in [0.29, 0.717) is 19.4 Å². The van der Waals surface area contributed by atoms with Gasteiger partial charge < -0.3 is 10.1 Å². The number of carbonyl (C=O) groups is 1. The maximum Gasteiger partial charge on any atom is 0.220 e. The fourth-order valence-corrected chi connectivity index (χ4v) is 2.38. The van der Waals surface area contributed by atoms with Crippen LogP contribution >= 0.6 is 0 Å². The molecule has 122 valence electrons. The number of amides is 1. The van der Waals surface area contributed by atoms with Gasteiger partial charge in [-0.2, -0.15) is 0 Å². The lowest BCUT2D eigenvalue weighted by Crippen LogP contribution is -2.26. The lowest BCUT2D eigenvalue weighted by atomic mass is 10.0. The second-order valence-corrected chi connectivity index (χ2v) is 5.65. The largest absolute Gasteiger partial charge is 0.494 e. The van der Waals surface area contributed by atoms with E-state index >= 15 is 0 Å². The molecule has 0 bridgehead atoms. The van der Waals surface area contributed by atoms with Crippen molar-refractivity contribution < 1.29 is 9.53 Å². The van der Waals surface area contributed by atoms with Gasteiger partial charge in [-0.25, -0.2) is 0 Å². The summed E-state index contributed by atoms with van der Waals surface area (Å²) in [6, 6.07) is 18.1. The van der Waals surface area contributed by atoms with Crippen LogP contribution in [0.5, 0.6) is 5.75 Å². The number of aryl methyl sites for hydroxylation is 1. The van der Waals surface area contributed by atoms with E-state index in [2.05, 4.69) is 36.5 Å². The first-order chi connectivity index (χ1) is 11.2. The Labute approximate surface area is 138 Å². The third-order valence-electron chi connectivity index (χ3n) is 3.83. The van der Waals surface area contributed by atoms with E-state index in [4.69, 9.17) is 4.74 Å². The van der Waals surface area contributed by atoms with Crippen LogP contribution < -0.4 is 10.1 Å². The Hall–Kier alpha value is -2.29. The summed E-state index contributed by atoms with van der Waals surface area (Å²) in [7, 11) is 0. The van der Waals surface area contributed by atoms with Crippen molar-refractivity contribution in [2.24, 2.45) is 0 Å². The Morgan fingerprint density at radius 1 is 1.09 bits per heavy atom. The van der Waals surface area contributed by atoms with Crippen molar-refractivity contribution >= 4 is 5.91 Å². The van der Waals surface area contributed by atoms with Crippen LogP contribution in [-0.4, -0.2) is 12.5 Å². The number of ether oxygens (including phenoxy) is 1. The SMILES string of the molecule is CCc1ccc([C@H](C)NC(=O)CCCOc2ccccc2)cc1. The van der Waals surface area contributed by atoms with Crippen LogP contribution in [0.1, 0.15) is 43.9 Å². The maximum atomic E-state index is 12.0. The van der Waals surface area contributed by atoms with Crippen LogP contribution in [0.15, 0.2) is 54.6 Å². The van der Waals surface area contributed by atoms with E-state index in [1.54, 1.807) is 0 Å². The van der Waals surface area contributed by atoms with E-state index in [0.717, 1.165) is 17.7 Å². The molecule has 0 radical (unpaired) electrons. The fourth-order valence-electron chi connectivity index (χ4n) is 2.38. The maximum absolute atomic E-state index is 12.0. The molecule has 1 amide bonds. The monoisotopic (exact) mass is 311 g/mol. The molecule has 0 spiro atoms. The Morgan fingerprint density at radius 3 is 2.43 bits per heavy atom. The van der Waals surface area contributed by atoms with Crippen LogP contribution in [0.3, 0.4) is 0 Å². The van der Waals surface area contributed by atoms with Gasteiger partial charge in [0.15, 0.2) is 0 Å². The summed E-state index contributed by atoms with van der Waals surface area (Å²) >= 11 is 0. The van der Waals surface area contributed by atoms with Crippen molar-refractivity contribution in [3.05, 3.63) is 65.7 Å². The highest BCUT2D eigenvalue weighted by atomic mass is 16.5. The zero-order valence-corrected chi connectivity index (χ0v) is 13.9. The number of nitrogens with one attached hydrogen (secondary N) is 1. The first kappa shape index (κ1) is 17.1. The Kier molecular flexibility index (Phi) is 6.67. The summed E-state index contributed by atoms with van der Waals surface area (Å²) in [6.07, 6.45) is 2.22. The Balaban J connectivity index is 1.69. The molecule has 0 unspecified atom stereocenters. The van der Waals surface area contributed by atoms with Crippen molar-refractivity contribution in [3.63, 3.8) is 0 Å². The minimum absolute atomic E-state index is 0.0310. The lowest BCUT2D eigenvalue weighted by Gasteiger charge is -2.15. The molecule has 3 heteroatoms. The Morgan fingerprint density at radius 2 is 1.78 bits per heavy atom. The molecule has 2 rings (SSSR count). The van der Waals surface area contributed by atoms with Crippen LogP contribution in [0, 0.1) is 0 Å². The van der Waals surface area contributed by atoms with Crippen molar-refractivity contribution in [2.75, 3.05) is 6.61 Å². The molecule has 1 N–H and O–H groups in total. The molecule has 0 fully saturated rings. The van der Waals surface area contributed by atoms with E-state index < -0.39 is 0 Å². The highest BCUT2D eigenvalue weighted by Crippen LogP contribution is 2.14. The molecular weight excluding hydrogens is 286 g/mol. The van der Waals surface area contributed by atoms with E-state index in [1.165, 1.54) is 5.56 Å². The summed E-state index contributed by atoms with van der Waals surface area (Å²) in [5.74, 6) is 0.908. The molecule has 1 atom stereocenters. The number of carbonyl (C=O) groups excluding carboxylic acids is 1. The van der Waals surface area contributed by atoms with Gasteiger partial charge in [0, 0.05) is 6.42 Å². The van der Waals surface area contributed by atoms with Gasteiger partial charge in [-0.1, -0.05) is 49.4 Å². The van der Waals surface area contributed by atoms with Gasteiger partial charge in [0.25, 0.3) is 0 Å². The third kappa shape index (κ3) is 5.78. The van der Waals surface area contributed by atoms with Gasteiger partial charge in [-0.3, -0.25) is 4.79 Å². The van der Waals surface area contributed by atoms with Gasteiger partial charge >= 0.3 is 0 Å². The van der Waals surface area contributed by atoms with Crippen molar-refractivity contribution in [1.82, 2.24) is 5.32 Å². The van der Waals surface area contributed by atoms with Crippen LogP contribution in [0.2, 0.25) is 0 Å². The summed E-state index contributed by atoms with van der Waals surface area (Å²) in [5, 5.41) is 3.04. The predicted molar refractivity (Wildman–Crippen MR) is 93.5 cm³/mol. The van der Waals surface area contributed by atoms with Crippen molar-refractivity contribution in [1.29, 1.82) is 0 Å². The number of hydrogen-bond acceptors (Lipinski definition) is 2. The van der Waals surface area contributed by atoms with Crippen LogP contribution in [-0.2, 0) is 11.2 Å². The summed E-state index contributed by atoms with van der Waals surface area (Å²) in [5.41, 5.74) is 2.45. The molecule has 0 aliphatic heterocycles. The Bertz CT molecular complexity index is 593. The second-order valence-electron chi connectivity index (χ2n) is 5.65.